The Bertz CT molecular complexity index is 844. The molecular formula is C26H28O6. The normalized spacial score (nSPS) is 26.2. The highest BCUT2D eigenvalue weighted by atomic mass is 16.6. The van der Waals surface area contributed by atoms with Gasteiger partial charge in [0.15, 0.2) is 0 Å². The number of hydrogen-bond donors (Lipinski definition) is 0. The van der Waals surface area contributed by atoms with Gasteiger partial charge in [-0.15, -0.1) is 0 Å². The summed E-state index contributed by atoms with van der Waals surface area (Å²) in [5.41, 5.74) is 1.94. The molecule has 0 aliphatic carbocycles. The van der Waals surface area contributed by atoms with Crippen LogP contribution in [0.2, 0.25) is 0 Å². The first kappa shape index (κ1) is 23.4. The molecule has 0 spiro atoms. The van der Waals surface area contributed by atoms with E-state index in [2.05, 4.69) is 0 Å². The molecule has 168 valence electrons. The Balaban J connectivity index is 1.68. The molecule has 0 fully saturated rings. The molecule has 6 nitrogen and oxygen atoms in total. The second-order valence-electron chi connectivity index (χ2n) is 7.52. The minimum absolute atomic E-state index is 0.314. The van der Waals surface area contributed by atoms with E-state index in [9.17, 15) is 9.59 Å². The van der Waals surface area contributed by atoms with Crippen molar-refractivity contribution in [2.75, 3.05) is 0 Å². The van der Waals surface area contributed by atoms with Crippen molar-refractivity contribution in [3.8, 4) is 0 Å². The van der Waals surface area contributed by atoms with Crippen molar-refractivity contribution in [2.45, 2.75) is 51.5 Å². The van der Waals surface area contributed by atoms with E-state index in [4.69, 9.17) is 18.9 Å². The van der Waals surface area contributed by atoms with Gasteiger partial charge in [0.2, 0.25) is 0 Å². The second-order valence-corrected chi connectivity index (χ2v) is 7.52. The molecule has 0 N–H and O–H groups in total. The zero-order valence-corrected chi connectivity index (χ0v) is 18.3. The van der Waals surface area contributed by atoms with E-state index < -0.39 is 36.4 Å². The number of benzene rings is 2. The number of esters is 2. The van der Waals surface area contributed by atoms with Crippen LogP contribution >= 0.6 is 0 Å². The molecule has 1 aliphatic heterocycles. The summed E-state index contributed by atoms with van der Waals surface area (Å²) in [4.78, 5) is 24.7. The second kappa shape index (κ2) is 12.0. The Labute approximate surface area is 188 Å². The van der Waals surface area contributed by atoms with E-state index in [-0.39, 0.29) is 0 Å². The molecular weight excluding hydrogens is 408 g/mol. The third-order valence-corrected chi connectivity index (χ3v) is 4.94. The summed E-state index contributed by atoms with van der Waals surface area (Å²) < 4.78 is 22.8. The van der Waals surface area contributed by atoms with E-state index in [0.29, 0.717) is 13.2 Å². The molecule has 0 saturated carbocycles. The molecule has 2 aromatic carbocycles. The highest BCUT2D eigenvalue weighted by molar-refractivity contribution is 5.83. The van der Waals surface area contributed by atoms with Gasteiger partial charge < -0.3 is 18.9 Å². The lowest BCUT2D eigenvalue weighted by Crippen LogP contribution is -2.32. The summed E-state index contributed by atoms with van der Waals surface area (Å²) in [5.74, 6) is -1.04. The smallest absolute Gasteiger partial charge is 0.330 e. The van der Waals surface area contributed by atoms with Gasteiger partial charge >= 0.3 is 11.9 Å². The van der Waals surface area contributed by atoms with Gasteiger partial charge in [0.1, 0.15) is 24.4 Å². The lowest BCUT2D eigenvalue weighted by Gasteiger charge is -2.24. The van der Waals surface area contributed by atoms with E-state index in [0.717, 1.165) is 11.1 Å². The van der Waals surface area contributed by atoms with Gasteiger partial charge in [-0.1, -0.05) is 60.7 Å². The van der Waals surface area contributed by atoms with Crippen LogP contribution in [-0.4, -0.2) is 36.4 Å². The summed E-state index contributed by atoms with van der Waals surface area (Å²) >= 11 is 0. The molecule has 6 heteroatoms. The Morgan fingerprint density at radius 1 is 0.656 bits per heavy atom. The monoisotopic (exact) mass is 436 g/mol. The van der Waals surface area contributed by atoms with Crippen LogP contribution in [0.5, 0.6) is 0 Å². The Kier molecular flexibility index (Phi) is 8.78. The fourth-order valence-electron chi connectivity index (χ4n) is 3.15. The summed E-state index contributed by atoms with van der Waals surface area (Å²) in [6.07, 6.45) is 3.27. The van der Waals surface area contributed by atoms with E-state index in [1.807, 2.05) is 60.7 Å². The van der Waals surface area contributed by atoms with Crippen LogP contribution in [0.1, 0.15) is 25.0 Å². The highest BCUT2D eigenvalue weighted by Gasteiger charge is 2.23. The number of cyclic esters (lactones) is 2. The summed E-state index contributed by atoms with van der Waals surface area (Å²) in [5, 5.41) is 0. The Morgan fingerprint density at radius 2 is 1.03 bits per heavy atom. The van der Waals surface area contributed by atoms with Crippen LogP contribution in [0.3, 0.4) is 0 Å². The maximum absolute atomic E-state index is 12.4. The van der Waals surface area contributed by atoms with Crippen molar-refractivity contribution in [3.05, 3.63) is 96.1 Å². The van der Waals surface area contributed by atoms with Gasteiger partial charge in [0.25, 0.3) is 0 Å². The van der Waals surface area contributed by atoms with Crippen LogP contribution in [-0.2, 0) is 41.8 Å². The fourth-order valence-corrected chi connectivity index (χ4v) is 3.15. The SMILES string of the molecule is C[C@@H]1OC(=O)/C=C/[C@@H](OCc2ccccc2)[C@H](C)OC(=O)/C=C/[C@H]1OCc1ccccc1. The van der Waals surface area contributed by atoms with Gasteiger partial charge in [0, 0.05) is 12.2 Å². The molecule has 0 amide bonds. The molecule has 4 atom stereocenters. The molecule has 32 heavy (non-hydrogen) atoms. The number of carbonyl (C=O) groups excluding carboxylic acids is 2. The maximum atomic E-state index is 12.4. The van der Waals surface area contributed by atoms with Gasteiger partial charge in [-0.3, -0.25) is 0 Å². The summed E-state index contributed by atoms with van der Waals surface area (Å²) in [6, 6.07) is 19.2. The first-order valence-corrected chi connectivity index (χ1v) is 10.6. The van der Waals surface area contributed by atoms with Crippen molar-refractivity contribution >= 4 is 11.9 Å². The van der Waals surface area contributed by atoms with Crippen LogP contribution in [0, 0.1) is 0 Å². The van der Waals surface area contributed by atoms with Crippen molar-refractivity contribution in [3.63, 3.8) is 0 Å². The van der Waals surface area contributed by atoms with Gasteiger partial charge in [0.05, 0.1) is 13.2 Å². The van der Waals surface area contributed by atoms with Crippen molar-refractivity contribution in [1.82, 2.24) is 0 Å². The topological polar surface area (TPSA) is 71.1 Å². The number of carbonyl (C=O) groups is 2. The maximum Gasteiger partial charge on any atom is 0.330 e. The summed E-state index contributed by atoms with van der Waals surface area (Å²) in [6.45, 7) is 4.06. The minimum Gasteiger partial charge on any atom is -0.456 e. The first-order valence-electron chi connectivity index (χ1n) is 10.6. The average Bonchev–Trinajstić information content (AvgIpc) is 2.79. The van der Waals surface area contributed by atoms with Gasteiger partial charge in [-0.05, 0) is 37.1 Å². The van der Waals surface area contributed by atoms with E-state index in [1.54, 1.807) is 26.0 Å². The largest absolute Gasteiger partial charge is 0.456 e. The van der Waals surface area contributed by atoms with Gasteiger partial charge in [-0.2, -0.15) is 0 Å². The Morgan fingerprint density at radius 3 is 1.41 bits per heavy atom. The third-order valence-electron chi connectivity index (χ3n) is 4.94. The molecule has 1 aliphatic rings. The number of ether oxygens (including phenoxy) is 4. The van der Waals surface area contributed by atoms with Crippen molar-refractivity contribution < 1.29 is 28.5 Å². The predicted molar refractivity (Wildman–Crippen MR) is 119 cm³/mol. The number of rotatable bonds is 6. The highest BCUT2D eigenvalue weighted by Crippen LogP contribution is 2.15. The summed E-state index contributed by atoms with van der Waals surface area (Å²) in [7, 11) is 0. The number of hydrogen-bond acceptors (Lipinski definition) is 6. The molecule has 0 radical (unpaired) electrons. The van der Waals surface area contributed by atoms with Crippen LogP contribution in [0.15, 0.2) is 85.0 Å². The third kappa shape index (κ3) is 7.48. The lowest BCUT2D eigenvalue weighted by atomic mass is 10.1. The molecule has 0 unspecified atom stereocenters. The quantitative estimate of drug-likeness (QED) is 0.634. The van der Waals surface area contributed by atoms with Gasteiger partial charge in [-0.25, -0.2) is 9.59 Å². The predicted octanol–water partition coefficient (Wildman–Crippen LogP) is 4.15. The van der Waals surface area contributed by atoms with Crippen LogP contribution in [0.25, 0.3) is 0 Å². The van der Waals surface area contributed by atoms with Crippen LogP contribution in [0.4, 0.5) is 0 Å². The fraction of sp³-hybridized carbons (Fsp3) is 0.308. The standard InChI is InChI=1S/C26H28O6/c1-19-23(29-17-21-9-5-3-6-10-21)13-15-26(28)32-20(2)24(14-16-25(27)31-19)30-18-22-11-7-4-8-12-22/h3-16,19-20,23-24H,17-18H2,1-2H3/b15-13+,16-14+/t19-,20-,23+,24+/m0/s1. The molecule has 3 rings (SSSR count). The average molecular weight is 437 g/mol. The molecule has 1 heterocycles. The van der Waals surface area contributed by atoms with Crippen LogP contribution < -0.4 is 0 Å². The molecule has 0 saturated heterocycles. The first-order chi connectivity index (χ1) is 15.5. The minimum atomic E-state index is -0.611. The molecule has 2 aromatic rings. The lowest BCUT2D eigenvalue weighted by molar-refractivity contribution is -0.150. The Hall–Kier alpha value is -3.22. The zero-order valence-electron chi connectivity index (χ0n) is 18.3. The van der Waals surface area contributed by atoms with E-state index >= 15 is 0 Å². The zero-order chi connectivity index (χ0) is 22.8. The van der Waals surface area contributed by atoms with Crippen molar-refractivity contribution in [1.29, 1.82) is 0 Å². The molecule has 0 bridgehead atoms. The molecule has 0 aromatic heterocycles. The van der Waals surface area contributed by atoms with Crippen molar-refractivity contribution in [2.24, 2.45) is 0 Å². The van der Waals surface area contributed by atoms with E-state index in [1.165, 1.54) is 12.2 Å².